The van der Waals surface area contributed by atoms with Crippen molar-refractivity contribution < 1.29 is 14.6 Å². The summed E-state index contributed by atoms with van der Waals surface area (Å²) in [7, 11) is 0. The Kier molecular flexibility index (Phi) is 4.88. The van der Waals surface area contributed by atoms with E-state index in [9.17, 15) is 9.90 Å². The van der Waals surface area contributed by atoms with Crippen LogP contribution < -0.4 is 0 Å². The number of halogens is 1. The highest BCUT2D eigenvalue weighted by Gasteiger charge is 2.30. The van der Waals surface area contributed by atoms with Crippen LogP contribution in [0.25, 0.3) is 5.69 Å². The second-order valence-corrected chi connectivity index (χ2v) is 7.99. The third-order valence-electron chi connectivity index (χ3n) is 4.01. The van der Waals surface area contributed by atoms with Crippen molar-refractivity contribution >= 4 is 22.0 Å². The van der Waals surface area contributed by atoms with Crippen LogP contribution in [0.3, 0.4) is 0 Å². The van der Waals surface area contributed by atoms with Gasteiger partial charge in [-0.3, -0.25) is 0 Å². The smallest absolute Gasteiger partial charge is 0.410 e. The third-order valence-corrected chi connectivity index (χ3v) is 4.54. The fourth-order valence-electron chi connectivity index (χ4n) is 2.89. The van der Waals surface area contributed by atoms with Crippen LogP contribution in [-0.2, 0) is 24.3 Å². The summed E-state index contributed by atoms with van der Waals surface area (Å²) in [6, 6.07) is 7.85. The molecule has 1 aromatic heterocycles. The molecule has 1 amide bonds. The second-order valence-electron chi connectivity index (χ2n) is 7.07. The molecule has 0 radical (unpaired) electrons. The summed E-state index contributed by atoms with van der Waals surface area (Å²) < 4.78 is 8.32. The molecular weight excluding hydrogens is 386 g/mol. The van der Waals surface area contributed by atoms with E-state index in [4.69, 9.17) is 4.74 Å². The van der Waals surface area contributed by atoms with E-state index in [-0.39, 0.29) is 12.7 Å². The Morgan fingerprint density at radius 1 is 1.32 bits per heavy atom. The highest BCUT2D eigenvalue weighted by atomic mass is 79.9. The maximum atomic E-state index is 12.3. The minimum atomic E-state index is -0.529. The maximum absolute atomic E-state index is 12.3. The number of ether oxygens (including phenoxy) is 1. The molecule has 0 aliphatic carbocycles. The molecule has 1 aliphatic heterocycles. The number of aliphatic hydroxyl groups excluding tert-OH is 1. The van der Waals surface area contributed by atoms with Crippen LogP contribution in [0, 0.1) is 0 Å². The van der Waals surface area contributed by atoms with Gasteiger partial charge >= 0.3 is 6.09 Å². The summed E-state index contributed by atoms with van der Waals surface area (Å²) in [5.41, 5.74) is 2.95. The number of amides is 1. The summed E-state index contributed by atoms with van der Waals surface area (Å²) in [5.74, 6) is 0. The van der Waals surface area contributed by atoms with Gasteiger partial charge in [-0.2, -0.15) is 5.10 Å². The predicted molar refractivity (Wildman–Crippen MR) is 97.5 cm³/mol. The monoisotopic (exact) mass is 407 g/mol. The summed E-state index contributed by atoms with van der Waals surface area (Å²) in [4.78, 5) is 14.0. The van der Waals surface area contributed by atoms with Gasteiger partial charge < -0.3 is 14.7 Å². The van der Waals surface area contributed by atoms with Crippen molar-refractivity contribution in [2.45, 2.75) is 45.9 Å². The van der Waals surface area contributed by atoms with Crippen LogP contribution in [0.15, 0.2) is 28.7 Å². The van der Waals surface area contributed by atoms with E-state index in [1.807, 2.05) is 49.7 Å². The van der Waals surface area contributed by atoms with Gasteiger partial charge in [-0.1, -0.05) is 15.9 Å². The Morgan fingerprint density at radius 2 is 2.00 bits per heavy atom. The van der Waals surface area contributed by atoms with E-state index in [0.717, 1.165) is 21.4 Å². The molecule has 0 saturated heterocycles. The molecule has 1 aromatic carbocycles. The summed E-state index contributed by atoms with van der Waals surface area (Å²) in [5, 5.41) is 14.2. The van der Waals surface area contributed by atoms with Crippen molar-refractivity contribution in [2.75, 3.05) is 6.54 Å². The van der Waals surface area contributed by atoms with Crippen LogP contribution in [0.2, 0.25) is 0 Å². The van der Waals surface area contributed by atoms with E-state index in [1.54, 1.807) is 4.90 Å². The number of fused-ring (bicyclic) bond motifs is 1. The Labute approximate surface area is 155 Å². The van der Waals surface area contributed by atoms with Gasteiger partial charge in [-0.15, -0.1) is 0 Å². The topological polar surface area (TPSA) is 67.6 Å². The average molecular weight is 408 g/mol. The molecule has 2 aromatic rings. The SMILES string of the molecule is CC(C)(C)OC(=O)N1CCc2c(c(CO)nn2-c2ccc(Br)cc2)C1. The lowest BCUT2D eigenvalue weighted by atomic mass is 10.1. The number of hydrogen-bond acceptors (Lipinski definition) is 4. The van der Waals surface area contributed by atoms with Crippen molar-refractivity contribution in [3.63, 3.8) is 0 Å². The minimum Gasteiger partial charge on any atom is -0.444 e. The highest BCUT2D eigenvalue weighted by molar-refractivity contribution is 9.10. The van der Waals surface area contributed by atoms with Crippen LogP contribution in [0.4, 0.5) is 4.79 Å². The Bertz CT molecular complexity index is 778. The first-order valence-corrected chi connectivity index (χ1v) is 9.02. The van der Waals surface area contributed by atoms with Gasteiger partial charge in [0.05, 0.1) is 30.2 Å². The molecule has 0 atom stereocenters. The maximum Gasteiger partial charge on any atom is 0.410 e. The van der Waals surface area contributed by atoms with Crippen LogP contribution in [0.1, 0.15) is 37.7 Å². The first-order chi connectivity index (χ1) is 11.8. The zero-order chi connectivity index (χ0) is 18.2. The molecule has 6 nitrogen and oxygen atoms in total. The lowest BCUT2D eigenvalue weighted by Gasteiger charge is -2.30. The predicted octanol–water partition coefficient (Wildman–Crippen LogP) is 3.42. The van der Waals surface area contributed by atoms with Gasteiger partial charge in [-0.05, 0) is 45.0 Å². The quantitative estimate of drug-likeness (QED) is 0.827. The molecule has 0 unspecified atom stereocenters. The number of aliphatic hydroxyl groups is 1. The number of rotatable bonds is 2. The Hall–Kier alpha value is -1.86. The third kappa shape index (κ3) is 3.88. The summed E-state index contributed by atoms with van der Waals surface area (Å²) >= 11 is 3.43. The molecule has 0 fully saturated rings. The van der Waals surface area contributed by atoms with Crippen molar-refractivity contribution in [3.05, 3.63) is 45.7 Å². The van der Waals surface area contributed by atoms with Crippen molar-refractivity contribution in [3.8, 4) is 5.69 Å². The Morgan fingerprint density at radius 3 is 2.60 bits per heavy atom. The number of nitrogens with zero attached hydrogens (tertiary/aromatic N) is 3. The lowest BCUT2D eigenvalue weighted by molar-refractivity contribution is 0.0222. The first-order valence-electron chi connectivity index (χ1n) is 8.23. The molecule has 2 heterocycles. The molecule has 25 heavy (non-hydrogen) atoms. The molecule has 0 bridgehead atoms. The number of aromatic nitrogens is 2. The molecule has 1 N–H and O–H groups in total. The van der Waals surface area contributed by atoms with E-state index >= 15 is 0 Å². The van der Waals surface area contributed by atoms with Gasteiger partial charge in [0.2, 0.25) is 0 Å². The largest absolute Gasteiger partial charge is 0.444 e. The zero-order valence-corrected chi connectivity index (χ0v) is 16.2. The molecule has 7 heteroatoms. The number of benzene rings is 1. The molecule has 134 valence electrons. The van der Waals surface area contributed by atoms with Gasteiger partial charge in [0.15, 0.2) is 0 Å². The van der Waals surface area contributed by atoms with Crippen LogP contribution >= 0.6 is 15.9 Å². The number of carbonyl (C=O) groups excluding carboxylic acids is 1. The van der Waals surface area contributed by atoms with E-state index < -0.39 is 5.60 Å². The zero-order valence-electron chi connectivity index (χ0n) is 14.6. The fourth-order valence-corrected chi connectivity index (χ4v) is 3.16. The minimum absolute atomic E-state index is 0.159. The molecular formula is C18H22BrN3O3. The van der Waals surface area contributed by atoms with Crippen molar-refractivity contribution in [1.82, 2.24) is 14.7 Å². The summed E-state index contributed by atoms with van der Waals surface area (Å²) in [6.07, 6.45) is 0.330. The van der Waals surface area contributed by atoms with E-state index in [2.05, 4.69) is 21.0 Å². The van der Waals surface area contributed by atoms with Crippen molar-refractivity contribution in [1.29, 1.82) is 0 Å². The highest BCUT2D eigenvalue weighted by Crippen LogP contribution is 2.27. The lowest BCUT2D eigenvalue weighted by Crippen LogP contribution is -2.40. The van der Waals surface area contributed by atoms with E-state index in [0.29, 0.717) is 25.2 Å². The van der Waals surface area contributed by atoms with Crippen LogP contribution in [0.5, 0.6) is 0 Å². The fraction of sp³-hybridized carbons (Fsp3) is 0.444. The molecule has 3 rings (SSSR count). The second kappa shape index (κ2) is 6.80. The van der Waals surface area contributed by atoms with E-state index in [1.165, 1.54) is 0 Å². The number of carbonyl (C=O) groups is 1. The van der Waals surface area contributed by atoms with Crippen LogP contribution in [-0.4, -0.2) is 38.0 Å². The standard InChI is InChI=1S/C18H22BrN3O3/c1-18(2,3)25-17(24)21-9-8-16-14(10-21)15(11-23)20-22(16)13-6-4-12(19)5-7-13/h4-7,23H,8-11H2,1-3H3. The van der Waals surface area contributed by atoms with Gasteiger partial charge in [-0.25, -0.2) is 9.48 Å². The van der Waals surface area contributed by atoms with Gasteiger partial charge in [0.1, 0.15) is 5.60 Å². The van der Waals surface area contributed by atoms with Gasteiger partial charge in [0, 0.05) is 23.0 Å². The normalized spacial score (nSPS) is 14.4. The number of hydrogen-bond donors (Lipinski definition) is 1. The Balaban J connectivity index is 1.90. The van der Waals surface area contributed by atoms with Crippen molar-refractivity contribution in [2.24, 2.45) is 0 Å². The molecule has 0 saturated carbocycles. The molecule has 1 aliphatic rings. The van der Waals surface area contributed by atoms with Gasteiger partial charge in [0.25, 0.3) is 0 Å². The first kappa shape index (κ1) is 17.9. The molecule has 0 spiro atoms. The average Bonchev–Trinajstić information content (AvgIpc) is 2.92. The summed E-state index contributed by atoms with van der Waals surface area (Å²) in [6.45, 7) is 6.36.